The van der Waals surface area contributed by atoms with Crippen molar-refractivity contribution in [3.8, 4) is 0 Å². The quantitative estimate of drug-likeness (QED) is 0.464. The molecular formula is C14H21N3. The number of aliphatic imine (C=N–C) groups is 1. The largest absolute Gasteiger partial charge is 0.370 e. The van der Waals surface area contributed by atoms with Gasteiger partial charge in [-0.2, -0.15) is 0 Å². The number of hydrogen-bond donors (Lipinski definition) is 2. The van der Waals surface area contributed by atoms with Crippen LogP contribution in [0.3, 0.4) is 0 Å². The van der Waals surface area contributed by atoms with Crippen molar-refractivity contribution >= 4 is 5.96 Å². The van der Waals surface area contributed by atoms with E-state index in [1.165, 1.54) is 0 Å². The number of nitrogens with zero attached hydrogens (tertiary/aromatic N) is 1. The lowest BCUT2D eigenvalue weighted by atomic mass is 9.94. The minimum absolute atomic E-state index is 0.0207. The Morgan fingerprint density at radius 2 is 2.06 bits per heavy atom. The van der Waals surface area contributed by atoms with Crippen molar-refractivity contribution in [2.45, 2.75) is 20.4 Å². The van der Waals surface area contributed by atoms with Gasteiger partial charge in [-0.3, -0.25) is 0 Å². The first-order chi connectivity index (χ1) is 8.03. The molecule has 0 heterocycles. The van der Waals surface area contributed by atoms with Gasteiger partial charge in [-0.1, -0.05) is 50.3 Å². The molecule has 0 spiro atoms. The van der Waals surface area contributed by atoms with Crippen molar-refractivity contribution in [3.63, 3.8) is 0 Å². The van der Waals surface area contributed by atoms with E-state index in [-0.39, 0.29) is 5.41 Å². The Bertz CT molecular complexity index is 380. The molecule has 0 saturated heterocycles. The molecule has 1 aromatic carbocycles. The molecule has 0 amide bonds. The van der Waals surface area contributed by atoms with Gasteiger partial charge in [0.1, 0.15) is 0 Å². The van der Waals surface area contributed by atoms with Gasteiger partial charge in [0.2, 0.25) is 0 Å². The van der Waals surface area contributed by atoms with Crippen LogP contribution in [0, 0.1) is 5.41 Å². The summed E-state index contributed by atoms with van der Waals surface area (Å²) in [6.07, 6.45) is 1.91. The van der Waals surface area contributed by atoms with Crippen LogP contribution in [0.1, 0.15) is 19.4 Å². The van der Waals surface area contributed by atoms with Crippen LogP contribution in [0.25, 0.3) is 0 Å². The number of hydrogen-bond acceptors (Lipinski definition) is 1. The fourth-order valence-electron chi connectivity index (χ4n) is 1.21. The van der Waals surface area contributed by atoms with Crippen molar-refractivity contribution in [3.05, 3.63) is 48.6 Å². The van der Waals surface area contributed by atoms with Crippen LogP contribution < -0.4 is 11.1 Å². The summed E-state index contributed by atoms with van der Waals surface area (Å²) in [5.41, 5.74) is 6.96. The highest BCUT2D eigenvalue weighted by molar-refractivity contribution is 5.77. The third-order valence-corrected chi connectivity index (χ3v) is 2.55. The summed E-state index contributed by atoms with van der Waals surface area (Å²) in [4.78, 5) is 4.28. The third-order valence-electron chi connectivity index (χ3n) is 2.55. The zero-order valence-electron chi connectivity index (χ0n) is 10.6. The molecule has 92 valence electrons. The van der Waals surface area contributed by atoms with E-state index < -0.39 is 0 Å². The first kappa shape index (κ1) is 13.3. The minimum atomic E-state index is 0.0207. The van der Waals surface area contributed by atoms with Gasteiger partial charge in [-0.05, 0) is 11.0 Å². The molecule has 0 aromatic heterocycles. The van der Waals surface area contributed by atoms with Crippen LogP contribution >= 0.6 is 0 Å². The first-order valence-electron chi connectivity index (χ1n) is 5.75. The molecule has 0 atom stereocenters. The second-order valence-corrected chi connectivity index (χ2v) is 4.73. The van der Waals surface area contributed by atoms with E-state index in [1.807, 2.05) is 36.4 Å². The van der Waals surface area contributed by atoms with Crippen molar-refractivity contribution in [2.24, 2.45) is 16.1 Å². The third kappa shape index (κ3) is 5.20. The van der Waals surface area contributed by atoms with E-state index in [1.54, 1.807) is 0 Å². The zero-order chi connectivity index (χ0) is 12.7. The highest BCUT2D eigenvalue weighted by Crippen LogP contribution is 2.13. The average Bonchev–Trinajstić information content (AvgIpc) is 2.35. The minimum Gasteiger partial charge on any atom is -0.370 e. The summed E-state index contributed by atoms with van der Waals surface area (Å²) >= 11 is 0. The first-order valence-corrected chi connectivity index (χ1v) is 5.75. The van der Waals surface area contributed by atoms with Crippen molar-refractivity contribution in [1.29, 1.82) is 0 Å². The van der Waals surface area contributed by atoms with Gasteiger partial charge < -0.3 is 11.1 Å². The lowest BCUT2D eigenvalue weighted by Crippen LogP contribution is -2.37. The average molecular weight is 231 g/mol. The summed E-state index contributed by atoms with van der Waals surface area (Å²) in [6.45, 7) is 9.31. The molecular weight excluding hydrogens is 210 g/mol. The SMILES string of the molecule is C=CC(C)(C)CNC(N)=NCc1ccccc1. The number of nitrogens with one attached hydrogen (secondary N) is 1. The van der Waals surface area contributed by atoms with Gasteiger partial charge in [0, 0.05) is 6.54 Å². The van der Waals surface area contributed by atoms with E-state index in [2.05, 4.69) is 30.7 Å². The molecule has 0 unspecified atom stereocenters. The smallest absolute Gasteiger partial charge is 0.188 e. The molecule has 17 heavy (non-hydrogen) atoms. The molecule has 0 fully saturated rings. The van der Waals surface area contributed by atoms with Crippen LogP contribution in [-0.4, -0.2) is 12.5 Å². The number of rotatable bonds is 5. The molecule has 0 saturated carbocycles. The predicted octanol–water partition coefficient (Wildman–Crippen LogP) is 2.30. The second kappa shape index (κ2) is 6.09. The lowest BCUT2D eigenvalue weighted by molar-refractivity contribution is 0.471. The maximum atomic E-state index is 5.79. The van der Waals surface area contributed by atoms with Gasteiger partial charge in [0.15, 0.2) is 5.96 Å². The van der Waals surface area contributed by atoms with E-state index in [0.717, 1.165) is 12.1 Å². The van der Waals surface area contributed by atoms with Gasteiger partial charge in [-0.25, -0.2) is 4.99 Å². The van der Waals surface area contributed by atoms with Crippen molar-refractivity contribution < 1.29 is 0 Å². The normalized spacial score (nSPS) is 12.2. The summed E-state index contributed by atoms with van der Waals surface area (Å²) < 4.78 is 0. The van der Waals surface area contributed by atoms with Crippen LogP contribution in [0.2, 0.25) is 0 Å². The highest BCUT2D eigenvalue weighted by atomic mass is 15.1. The maximum Gasteiger partial charge on any atom is 0.188 e. The Labute approximate surface area is 103 Å². The summed E-state index contributed by atoms with van der Waals surface area (Å²) in [5.74, 6) is 0.476. The molecule has 3 heteroatoms. The molecule has 0 bridgehead atoms. The van der Waals surface area contributed by atoms with Crippen LogP contribution in [-0.2, 0) is 6.54 Å². The topological polar surface area (TPSA) is 50.4 Å². The van der Waals surface area contributed by atoms with E-state index in [0.29, 0.717) is 12.5 Å². The van der Waals surface area contributed by atoms with E-state index in [9.17, 15) is 0 Å². The molecule has 1 rings (SSSR count). The van der Waals surface area contributed by atoms with Crippen LogP contribution in [0.15, 0.2) is 48.0 Å². The lowest BCUT2D eigenvalue weighted by Gasteiger charge is -2.20. The Balaban J connectivity index is 2.43. The molecule has 0 aliphatic carbocycles. The Morgan fingerprint density at radius 1 is 1.41 bits per heavy atom. The molecule has 0 aliphatic rings. The molecule has 0 aliphatic heterocycles. The van der Waals surface area contributed by atoms with Gasteiger partial charge in [0.25, 0.3) is 0 Å². The van der Waals surface area contributed by atoms with Gasteiger partial charge in [-0.15, -0.1) is 6.58 Å². The number of benzene rings is 1. The zero-order valence-corrected chi connectivity index (χ0v) is 10.6. The molecule has 0 radical (unpaired) electrons. The maximum absolute atomic E-state index is 5.79. The van der Waals surface area contributed by atoms with Crippen molar-refractivity contribution in [1.82, 2.24) is 5.32 Å². The molecule has 3 N–H and O–H groups in total. The van der Waals surface area contributed by atoms with E-state index in [4.69, 9.17) is 5.73 Å². The standard InChI is InChI=1S/C14H21N3/c1-4-14(2,3)11-17-13(15)16-10-12-8-6-5-7-9-12/h4-9H,1,10-11H2,2-3H3,(H3,15,16,17). The van der Waals surface area contributed by atoms with Crippen LogP contribution in [0.4, 0.5) is 0 Å². The monoisotopic (exact) mass is 231 g/mol. The molecule has 1 aromatic rings. The Morgan fingerprint density at radius 3 is 2.65 bits per heavy atom. The highest BCUT2D eigenvalue weighted by Gasteiger charge is 2.12. The number of nitrogens with two attached hydrogens (primary N) is 1. The van der Waals surface area contributed by atoms with E-state index >= 15 is 0 Å². The second-order valence-electron chi connectivity index (χ2n) is 4.73. The predicted molar refractivity (Wildman–Crippen MR) is 73.7 cm³/mol. The fourth-order valence-corrected chi connectivity index (χ4v) is 1.21. The summed E-state index contributed by atoms with van der Waals surface area (Å²) in [7, 11) is 0. The van der Waals surface area contributed by atoms with Crippen molar-refractivity contribution in [2.75, 3.05) is 6.54 Å². The summed E-state index contributed by atoms with van der Waals surface area (Å²) in [5, 5.41) is 3.10. The number of guanidine groups is 1. The summed E-state index contributed by atoms with van der Waals surface area (Å²) in [6, 6.07) is 10.0. The van der Waals surface area contributed by atoms with Gasteiger partial charge >= 0.3 is 0 Å². The van der Waals surface area contributed by atoms with Gasteiger partial charge in [0.05, 0.1) is 6.54 Å². The Kier molecular flexibility index (Phi) is 4.76. The molecule has 3 nitrogen and oxygen atoms in total. The fraction of sp³-hybridized carbons (Fsp3) is 0.357. The Hall–Kier alpha value is -1.77. The van der Waals surface area contributed by atoms with Crippen LogP contribution in [0.5, 0.6) is 0 Å².